The number of carbonyl (C=O) groups excluding carboxylic acids is 2. The first-order chi connectivity index (χ1) is 16.5. The van der Waals surface area contributed by atoms with Crippen LogP contribution in [0.3, 0.4) is 0 Å². The molecule has 0 N–H and O–H groups in total. The molecule has 176 valence electrons. The molecule has 0 unspecified atom stereocenters. The third-order valence-electron chi connectivity index (χ3n) is 5.92. The number of benzene rings is 1. The maximum absolute atomic E-state index is 13.3. The smallest absolute Gasteiger partial charge is 0.337 e. The van der Waals surface area contributed by atoms with Gasteiger partial charge in [0.2, 0.25) is 0 Å². The molecule has 0 aliphatic carbocycles. The Morgan fingerprint density at radius 3 is 2.65 bits per heavy atom. The van der Waals surface area contributed by atoms with E-state index < -0.39 is 0 Å². The Bertz CT molecular complexity index is 1230. The predicted molar refractivity (Wildman–Crippen MR) is 130 cm³/mol. The van der Waals surface area contributed by atoms with Crippen molar-refractivity contribution in [3.8, 4) is 5.75 Å². The highest BCUT2D eigenvalue weighted by atomic mass is 16.5. The molecular weight excluding hydrogens is 432 g/mol. The molecule has 34 heavy (non-hydrogen) atoms. The number of hydrogen-bond acceptors (Lipinski definition) is 7. The summed E-state index contributed by atoms with van der Waals surface area (Å²) in [6.07, 6.45) is 4.81. The lowest BCUT2D eigenvalue weighted by Gasteiger charge is -2.22. The quantitative estimate of drug-likeness (QED) is 0.489. The van der Waals surface area contributed by atoms with E-state index in [0.29, 0.717) is 42.3 Å². The van der Waals surface area contributed by atoms with Crippen molar-refractivity contribution in [1.29, 1.82) is 0 Å². The fourth-order valence-corrected chi connectivity index (χ4v) is 4.08. The molecule has 0 atom stereocenters. The molecule has 1 aromatic carbocycles. The first-order valence-electron chi connectivity index (χ1n) is 11.3. The Labute approximate surface area is 199 Å². The van der Waals surface area contributed by atoms with Gasteiger partial charge in [0, 0.05) is 32.4 Å². The summed E-state index contributed by atoms with van der Waals surface area (Å²) in [6, 6.07) is 10.9. The van der Waals surface area contributed by atoms with Crippen LogP contribution in [0.5, 0.6) is 5.75 Å². The van der Waals surface area contributed by atoms with Crippen molar-refractivity contribution < 1.29 is 19.1 Å². The average Bonchev–Trinajstić information content (AvgIpc) is 2.96. The van der Waals surface area contributed by atoms with Gasteiger partial charge in [0.15, 0.2) is 5.82 Å². The van der Waals surface area contributed by atoms with Crippen LogP contribution < -0.4 is 14.5 Å². The molecule has 8 heteroatoms. The Balaban J connectivity index is 1.54. The second-order valence-electron chi connectivity index (χ2n) is 7.94. The number of hydrogen-bond donors (Lipinski definition) is 0. The first-order valence-corrected chi connectivity index (χ1v) is 11.3. The molecule has 0 fully saturated rings. The fourth-order valence-electron chi connectivity index (χ4n) is 4.08. The molecule has 4 rings (SSSR count). The summed E-state index contributed by atoms with van der Waals surface area (Å²) in [5.74, 6) is 1.55. The largest absolute Gasteiger partial charge is 0.493 e. The van der Waals surface area contributed by atoms with Gasteiger partial charge in [-0.15, -0.1) is 0 Å². The van der Waals surface area contributed by atoms with Gasteiger partial charge in [-0.1, -0.05) is 6.92 Å². The van der Waals surface area contributed by atoms with Crippen LogP contribution in [0.25, 0.3) is 0 Å². The number of pyridine rings is 2. The maximum atomic E-state index is 13.3. The van der Waals surface area contributed by atoms with Crippen molar-refractivity contribution in [2.45, 2.75) is 26.7 Å². The van der Waals surface area contributed by atoms with Gasteiger partial charge in [0.1, 0.15) is 11.6 Å². The van der Waals surface area contributed by atoms with Crippen molar-refractivity contribution in [3.05, 3.63) is 71.0 Å². The van der Waals surface area contributed by atoms with Gasteiger partial charge in [0.25, 0.3) is 5.91 Å². The number of nitrogens with zero attached hydrogens (tertiary/aromatic N) is 4. The van der Waals surface area contributed by atoms with Gasteiger partial charge < -0.3 is 19.3 Å². The van der Waals surface area contributed by atoms with Crippen molar-refractivity contribution in [3.63, 3.8) is 0 Å². The number of methoxy groups -OCH3 is 1. The van der Waals surface area contributed by atoms with Crippen molar-refractivity contribution in [2.75, 3.05) is 37.1 Å². The van der Waals surface area contributed by atoms with E-state index in [1.165, 1.54) is 7.11 Å². The van der Waals surface area contributed by atoms with Crippen LogP contribution in [-0.4, -0.2) is 49.2 Å². The SMILES string of the molecule is CCc1cc(C(=O)OC)ccc1OCCc1cnc2c(c1)C(=O)N(C)c1cccnc1N2CC. The minimum atomic E-state index is -0.370. The molecule has 3 aromatic rings. The molecular formula is C26H28N4O4. The summed E-state index contributed by atoms with van der Waals surface area (Å²) in [4.78, 5) is 37.8. The first kappa shape index (κ1) is 23.2. The number of aryl methyl sites for hydroxylation is 1. The monoisotopic (exact) mass is 460 g/mol. The molecule has 8 nitrogen and oxygen atoms in total. The van der Waals surface area contributed by atoms with Crippen LogP contribution in [0.1, 0.15) is 45.7 Å². The topological polar surface area (TPSA) is 84.9 Å². The molecule has 1 amide bonds. The molecule has 2 aromatic heterocycles. The zero-order valence-electron chi connectivity index (χ0n) is 19.9. The van der Waals surface area contributed by atoms with Crippen LogP contribution >= 0.6 is 0 Å². The Kier molecular flexibility index (Phi) is 6.77. The molecule has 0 radical (unpaired) electrons. The van der Waals surface area contributed by atoms with Gasteiger partial charge in [0.05, 0.1) is 30.5 Å². The zero-order valence-corrected chi connectivity index (χ0v) is 19.9. The van der Waals surface area contributed by atoms with Crippen LogP contribution in [-0.2, 0) is 17.6 Å². The Hall–Kier alpha value is -3.94. The number of amides is 1. The van der Waals surface area contributed by atoms with E-state index >= 15 is 0 Å². The lowest BCUT2D eigenvalue weighted by Crippen LogP contribution is -2.25. The van der Waals surface area contributed by atoms with Gasteiger partial charge in [-0.3, -0.25) is 4.79 Å². The molecule has 3 heterocycles. The highest BCUT2D eigenvalue weighted by molar-refractivity contribution is 6.12. The number of fused-ring (bicyclic) bond motifs is 2. The third kappa shape index (κ3) is 4.31. The van der Waals surface area contributed by atoms with E-state index in [4.69, 9.17) is 9.47 Å². The summed E-state index contributed by atoms with van der Waals surface area (Å²) in [6.45, 7) is 5.07. The van der Waals surface area contributed by atoms with E-state index in [2.05, 4.69) is 9.97 Å². The number of ether oxygens (including phenoxy) is 2. The molecule has 0 saturated carbocycles. The van der Waals surface area contributed by atoms with Gasteiger partial charge in [-0.05, 0) is 60.9 Å². The van der Waals surface area contributed by atoms with Crippen LogP contribution in [0.4, 0.5) is 17.3 Å². The van der Waals surface area contributed by atoms with Crippen LogP contribution in [0.15, 0.2) is 48.8 Å². The second-order valence-corrected chi connectivity index (χ2v) is 7.94. The molecule has 1 aliphatic rings. The van der Waals surface area contributed by atoms with Gasteiger partial charge in [-0.2, -0.15) is 0 Å². The van der Waals surface area contributed by atoms with E-state index in [-0.39, 0.29) is 11.9 Å². The lowest BCUT2D eigenvalue weighted by atomic mass is 10.1. The van der Waals surface area contributed by atoms with Gasteiger partial charge >= 0.3 is 5.97 Å². The van der Waals surface area contributed by atoms with Gasteiger partial charge in [-0.25, -0.2) is 14.8 Å². The lowest BCUT2D eigenvalue weighted by molar-refractivity contribution is 0.0600. The average molecular weight is 461 g/mol. The van der Waals surface area contributed by atoms with E-state index in [1.807, 2.05) is 36.9 Å². The highest BCUT2D eigenvalue weighted by Crippen LogP contribution is 2.37. The summed E-state index contributed by atoms with van der Waals surface area (Å²) in [7, 11) is 3.12. The minimum absolute atomic E-state index is 0.123. The molecule has 1 aliphatic heterocycles. The molecule has 0 bridgehead atoms. The summed E-state index contributed by atoms with van der Waals surface area (Å²) < 4.78 is 10.8. The summed E-state index contributed by atoms with van der Waals surface area (Å²) in [5, 5.41) is 0. The summed E-state index contributed by atoms with van der Waals surface area (Å²) >= 11 is 0. The summed E-state index contributed by atoms with van der Waals surface area (Å²) in [5.41, 5.74) is 3.62. The molecule has 0 spiro atoms. The number of esters is 1. The maximum Gasteiger partial charge on any atom is 0.337 e. The van der Waals surface area contributed by atoms with Crippen molar-refractivity contribution >= 4 is 29.2 Å². The molecule has 0 saturated heterocycles. The standard InChI is InChI=1S/C26H28N4O4/c1-5-18-15-19(26(32)33-4)9-10-22(18)34-13-11-17-14-20-23(28-16-17)30(6-2)24-21(8-7-12-27-24)29(3)25(20)31/h7-10,12,14-16H,5-6,11,13H2,1-4H3. The number of aromatic nitrogens is 2. The van der Waals surface area contributed by atoms with E-state index in [0.717, 1.165) is 29.0 Å². The zero-order chi connectivity index (χ0) is 24.2. The van der Waals surface area contributed by atoms with Crippen LogP contribution in [0, 0.1) is 0 Å². The minimum Gasteiger partial charge on any atom is -0.493 e. The fraction of sp³-hybridized carbons (Fsp3) is 0.308. The number of rotatable bonds is 7. The Morgan fingerprint density at radius 1 is 1.09 bits per heavy atom. The third-order valence-corrected chi connectivity index (χ3v) is 5.92. The predicted octanol–water partition coefficient (Wildman–Crippen LogP) is 4.20. The number of carbonyl (C=O) groups is 2. The van der Waals surface area contributed by atoms with Crippen molar-refractivity contribution in [1.82, 2.24) is 9.97 Å². The normalized spacial score (nSPS) is 12.6. The van der Waals surface area contributed by atoms with Crippen LogP contribution in [0.2, 0.25) is 0 Å². The van der Waals surface area contributed by atoms with E-state index in [9.17, 15) is 9.59 Å². The van der Waals surface area contributed by atoms with Crippen molar-refractivity contribution in [2.24, 2.45) is 0 Å². The Morgan fingerprint density at radius 2 is 1.91 bits per heavy atom. The number of anilines is 3. The second kappa shape index (κ2) is 9.91. The van der Waals surface area contributed by atoms with E-state index in [1.54, 1.807) is 42.5 Å². The highest BCUT2D eigenvalue weighted by Gasteiger charge is 2.30.